The summed E-state index contributed by atoms with van der Waals surface area (Å²) in [7, 11) is 0. The fraction of sp³-hybridized carbons (Fsp3) is 0.333. The molecule has 1 fully saturated rings. The molecule has 7 nitrogen and oxygen atoms in total. The molecule has 1 aliphatic rings. The van der Waals surface area contributed by atoms with Crippen LogP contribution in [0.2, 0.25) is 0 Å². The van der Waals surface area contributed by atoms with Crippen molar-refractivity contribution < 1.29 is 19.1 Å². The maximum atomic E-state index is 13.1. The lowest BCUT2D eigenvalue weighted by Crippen LogP contribution is -2.50. The van der Waals surface area contributed by atoms with E-state index in [-0.39, 0.29) is 35.1 Å². The number of hydrogen-bond acceptors (Lipinski definition) is 5. The Hall–Kier alpha value is -3.66. The van der Waals surface area contributed by atoms with Gasteiger partial charge in [0.25, 0.3) is 0 Å². The Kier molecular flexibility index (Phi) is 6.71. The molecular weight excluding hydrogens is 394 g/mol. The van der Waals surface area contributed by atoms with Crippen LogP contribution >= 0.6 is 0 Å². The molecular formula is C24H25N3O4. The van der Waals surface area contributed by atoms with E-state index in [4.69, 9.17) is 10.00 Å². The largest absolute Gasteiger partial charge is 0.421 e. The van der Waals surface area contributed by atoms with Gasteiger partial charge < -0.3 is 15.0 Å². The SMILES string of the molecule is CC(=O)N(C1CC1)C(C(=O)Nc1ccccc1OC(=O)c1ccc(C#N)cc1)C(C)C. The Labute approximate surface area is 181 Å². The summed E-state index contributed by atoms with van der Waals surface area (Å²) in [6.45, 7) is 5.28. The van der Waals surface area contributed by atoms with Gasteiger partial charge >= 0.3 is 5.97 Å². The van der Waals surface area contributed by atoms with Gasteiger partial charge in [0.05, 0.1) is 22.9 Å². The van der Waals surface area contributed by atoms with Crippen molar-refractivity contribution in [3.05, 3.63) is 59.7 Å². The van der Waals surface area contributed by atoms with E-state index in [0.717, 1.165) is 12.8 Å². The van der Waals surface area contributed by atoms with Gasteiger partial charge in [0, 0.05) is 13.0 Å². The van der Waals surface area contributed by atoms with Crippen molar-refractivity contribution in [2.24, 2.45) is 5.92 Å². The van der Waals surface area contributed by atoms with Crippen molar-refractivity contribution in [3.63, 3.8) is 0 Å². The van der Waals surface area contributed by atoms with Crippen LogP contribution in [0.5, 0.6) is 5.75 Å². The van der Waals surface area contributed by atoms with Crippen molar-refractivity contribution >= 4 is 23.5 Å². The van der Waals surface area contributed by atoms with E-state index in [9.17, 15) is 14.4 Å². The number of ether oxygens (including phenoxy) is 1. The molecule has 1 saturated carbocycles. The number of carbonyl (C=O) groups is 3. The molecule has 0 bridgehead atoms. The van der Waals surface area contributed by atoms with Gasteiger partial charge in [0.15, 0.2) is 5.75 Å². The first kappa shape index (κ1) is 22.0. The Morgan fingerprint density at radius 3 is 2.29 bits per heavy atom. The lowest BCUT2D eigenvalue weighted by molar-refractivity contribution is -0.139. The van der Waals surface area contributed by atoms with E-state index < -0.39 is 12.0 Å². The minimum absolute atomic E-state index is 0.0853. The van der Waals surface area contributed by atoms with Crippen LogP contribution in [-0.2, 0) is 9.59 Å². The molecule has 1 unspecified atom stereocenters. The van der Waals surface area contributed by atoms with Crippen LogP contribution in [0, 0.1) is 17.2 Å². The molecule has 1 N–H and O–H groups in total. The number of anilines is 1. The van der Waals surface area contributed by atoms with Crippen LogP contribution in [0.25, 0.3) is 0 Å². The van der Waals surface area contributed by atoms with Crippen molar-refractivity contribution in [1.82, 2.24) is 4.90 Å². The number of nitriles is 1. The van der Waals surface area contributed by atoms with Gasteiger partial charge in [0.1, 0.15) is 6.04 Å². The topological polar surface area (TPSA) is 99.5 Å². The summed E-state index contributed by atoms with van der Waals surface area (Å²) in [5, 5.41) is 11.7. The Morgan fingerprint density at radius 1 is 1.10 bits per heavy atom. The van der Waals surface area contributed by atoms with Gasteiger partial charge in [-0.3, -0.25) is 9.59 Å². The molecule has 0 saturated heterocycles. The third-order valence-corrected chi connectivity index (χ3v) is 5.10. The number of nitrogens with zero attached hydrogens (tertiary/aromatic N) is 2. The van der Waals surface area contributed by atoms with E-state index in [0.29, 0.717) is 11.3 Å². The molecule has 160 valence electrons. The minimum Gasteiger partial charge on any atom is -0.421 e. The minimum atomic E-state index is -0.618. The van der Waals surface area contributed by atoms with E-state index in [1.807, 2.05) is 19.9 Å². The average molecular weight is 419 g/mol. The van der Waals surface area contributed by atoms with Crippen LogP contribution < -0.4 is 10.1 Å². The second-order valence-electron chi connectivity index (χ2n) is 7.91. The molecule has 2 aromatic rings. The van der Waals surface area contributed by atoms with Crippen LogP contribution in [0.1, 0.15) is 49.5 Å². The zero-order chi connectivity index (χ0) is 22.5. The normalized spacial score (nSPS) is 13.8. The molecule has 0 heterocycles. The number of esters is 1. The highest BCUT2D eigenvalue weighted by molar-refractivity contribution is 5.99. The fourth-order valence-corrected chi connectivity index (χ4v) is 3.49. The third-order valence-electron chi connectivity index (χ3n) is 5.10. The number of amides is 2. The summed E-state index contributed by atoms with van der Waals surface area (Å²) in [5.74, 6) is -0.933. The molecule has 1 aliphatic carbocycles. The van der Waals surface area contributed by atoms with Crippen molar-refractivity contribution in [2.75, 3.05) is 5.32 Å². The third kappa shape index (κ3) is 5.28. The predicted octanol–water partition coefficient (Wildman–Crippen LogP) is 3.75. The van der Waals surface area contributed by atoms with Crippen LogP contribution in [0.15, 0.2) is 48.5 Å². The summed E-state index contributed by atoms with van der Waals surface area (Å²) in [6, 6.07) is 14.2. The highest BCUT2D eigenvalue weighted by Crippen LogP contribution is 2.32. The number of nitrogens with one attached hydrogen (secondary N) is 1. The molecule has 7 heteroatoms. The highest BCUT2D eigenvalue weighted by Gasteiger charge is 2.40. The number of para-hydroxylation sites is 2. The zero-order valence-corrected chi connectivity index (χ0v) is 17.8. The van der Waals surface area contributed by atoms with Crippen LogP contribution in [0.3, 0.4) is 0 Å². The average Bonchev–Trinajstić information content (AvgIpc) is 3.57. The molecule has 2 aromatic carbocycles. The van der Waals surface area contributed by atoms with Gasteiger partial charge in [0.2, 0.25) is 11.8 Å². The first-order chi connectivity index (χ1) is 14.8. The van der Waals surface area contributed by atoms with E-state index in [1.54, 1.807) is 29.2 Å². The maximum absolute atomic E-state index is 13.1. The first-order valence-corrected chi connectivity index (χ1v) is 10.2. The molecule has 0 aromatic heterocycles. The Morgan fingerprint density at radius 2 is 1.74 bits per heavy atom. The number of hydrogen-bond donors (Lipinski definition) is 1. The number of carbonyl (C=O) groups excluding carboxylic acids is 3. The molecule has 31 heavy (non-hydrogen) atoms. The van der Waals surface area contributed by atoms with Crippen molar-refractivity contribution in [2.45, 2.75) is 45.7 Å². The summed E-state index contributed by atoms with van der Waals surface area (Å²) >= 11 is 0. The second kappa shape index (κ2) is 9.43. The van der Waals surface area contributed by atoms with Crippen LogP contribution in [-0.4, -0.2) is 34.8 Å². The first-order valence-electron chi connectivity index (χ1n) is 10.2. The van der Waals surface area contributed by atoms with Crippen molar-refractivity contribution in [3.8, 4) is 11.8 Å². The van der Waals surface area contributed by atoms with Gasteiger partial charge in [-0.25, -0.2) is 4.79 Å². The van der Waals surface area contributed by atoms with E-state index in [2.05, 4.69) is 5.32 Å². The molecule has 0 radical (unpaired) electrons. The summed E-state index contributed by atoms with van der Waals surface area (Å²) in [6.07, 6.45) is 1.80. The van der Waals surface area contributed by atoms with Gasteiger partial charge in [-0.1, -0.05) is 26.0 Å². The second-order valence-corrected chi connectivity index (χ2v) is 7.91. The molecule has 3 rings (SSSR count). The van der Waals surface area contributed by atoms with Gasteiger partial charge in [-0.15, -0.1) is 0 Å². The lowest BCUT2D eigenvalue weighted by Gasteiger charge is -2.33. The predicted molar refractivity (Wildman–Crippen MR) is 115 cm³/mol. The quantitative estimate of drug-likeness (QED) is 0.544. The zero-order valence-electron chi connectivity index (χ0n) is 17.8. The number of rotatable bonds is 7. The fourth-order valence-electron chi connectivity index (χ4n) is 3.49. The van der Waals surface area contributed by atoms with Crippen molar-refractivity contribution in [1.29, 1.82) is 5.26 Å². The van der Waals surface area contributed by atoms with Gasteiger partial charge in [-0.2, -0.15) is 5.26 Å². The Balaban J connectivity index is 1.78. The number of benzene rings is 2. The van der Waals surface area contributed by atoms with Crippen LogP contribution in [0.4, 0.5) is 5.69 Å². The summed E-state index contributed by atoms with van der Waals surface area (Å²) in [5.41, 5.74) is 1.07. The lowest BCUT2D eigenvalue weighted by atomic mass is 10.0. The molecule has 0 spiro atoms. The monoisotopic (exact) mass is 419 g/mol. The summed E-state index contributed by atoms with van der Waals surface area (Å²) in [4.78, 5) is 39.5. The maximum Gasteiger partial charge on any atom is 0.343 e. The highest BCUT2D eigenvalue weighted by atomic mass is 16.5. The van der Waals surface area contributed by atoms with E-state index >= 15 is 0 Å². The molecule has 1 atom stereocenters. The Bertz CT molecular complexity index is 1020. The molecule has 2 amide bonds. The standard InChI is InChI=1S/C24H25N3O4/c1-15(2)22(27(16(3)28)19-12-13-19)23(29)26-20-6-4-5-7-21(20)31-24(30)18-10-8-17(14-25)9-11-18/h4-11,15,19,22H,12-13H2,1-3H3,(H,26,29). The smallest absolute Gasteiger partial charge is 0.343 e. The molecule has 0 aliphatic heterocycles. The van der Waals surface area contributed by atoms with Gasteiger partial charge in [-0.05, 0) is 55.2 Å². The summed E-state index contributed by atoms with van der Waals surface area (Å²) < 4.78 is 5.50. The van der Waals surface area contributed by atoms with E-state index in [1.165, 1.54) is 31.2 Å².